The Morgan fingerprint density at radius 1 is 1.20 bits per heavy atom. The molecule has 2 aromatic rings. The molecule has 0 bridgehead atoms. The highest BCUT2D eigenvalue weighted by Crippen LogP contribution is 2.26. The van der Waals surface area contributed by atoms with Crippen LogP contribution in [0.5, 0.6) is 0 Å². The zero-order valence-corrected chi connectivity index (χ0v) is 7.92. The molecule has 15 heavy (non-hydrogen) atoms. The quantitative estimate of drug-likeness (QED) is 0.720. The summed E-state index contributed by atoms with van der Waals surface area (Å²) in [5.74, 6) is 0.490. The molecular formula is C11H9NO3. The third-order valence-electron chi connectivity index (χ3n) is 1.85. The van der Waals surface area contributed by atoms with Crippen LogP contribution >= 0.6 is 0 Å². The van der Waals surface area contributed by atoms with E-state index in [-0.39, 0.29) is 5.91 Å². The molecule has 2 heterocycles. The second-order valence-electron chi connectivity index (χ2n) is 2.78. The summed E-state index contributed by atoms with van der Waals surface area (Å²) in [5.41, 5.74) is 0. The third-order valence-corrected chi connectivity index (χ3v) is 1.85. The Hall–Kier alpha value is -2.23. The van der Waals surface area contributed by atoms with Gasteiger partial charge in [0.05, 0.1) is 12.5 Å². The molecule has 2 aromatic heterocycles. The summed E-state index contributed by atoms with van der Waals surface area (Å²) >= 11 is 0. The Morgan fingerprint density at radius 2 is 1.73 bits per heavy atom. The molecule has 0 saturated heterocycles. The van der Waals surface area contributed by atoms with Crippen molar-refractivity contribution in [1.29, 1.82) is 0 Å². The minimum absolute atomic E-state index is 0.306. The van der Waals surface area contributed by atoms with Gasteiger partial charge in [0.25, 0.3) is 5.91 Å². The van der Waals surface area contributed by atoms with E-state index in [2.05, 4.69) is 6.58 Å². The number of nitrogens with zero attached hydrogens (tertiary/aromatic N) is 1. The summed E-state index contributed by atoms with van der Waals surface area (Å²) < 4.78 is 10.3. The Kier molecular flexibility index (Phi) is 2.41. The lowest BCUT2D eigenvalue weighted by Crippen LogP contribution is -2.22. The van der Waals surface area contributed by atoms with Gasteiger partial charge in [0, 0.05) is 12.1 Å². The molecule has 0 spiro atoms. The van der Waals surface area contributed by atoms with Crippen LogP contribution in [0.4, 0.5) is 11.8 Å². The summed E-state index contributed by atoms with van der Waals surface area (Å²) in [6.07, 6.45) is 4.17. The van der Waals surface area contributed by atoms with Gasteiger partial charge in [-0.2, -0.15) is 0 Å². The van der Waals surface area contributed by atoms with Crippen LogP contribution in [0.1, 0.15) is 0 Å². The summed E-state index contributed by atoms with van der Waals surface area (Å²) in [5, 5.41) is 0. The van der Waals surface area contributed by atoms with Crippen molar-refractivity contribution in [2.75, 3.05) is 4.90 Å². The number of carbonyl (C=O) groups excluding carboxylic acids is 1. The molecule has 2 rings (SSSR count). The summed E-state index contributed by atoms with van der Waals surface area (Å²) in [4.78, 5) is 12.9. The maximum absolute atomic E-state index is 11.6. The first-order valence-corrected chi connectivity index (χ1v) is 4.36. The number of furan rings is 2. The summed E-state index contributed by atoms with van der Waals surface area (Å²) in [6, 6.07) is 6.73. The van der Waals surface area contributed by atoms with Gasteiger partial charge in [0.1, 0.15) is 0 Å². The van der Waals surface area contributed by atoms with Crippen molar-refractivity contribution in [3.05, 3.63) is 49.4 Å². The van der Waals surface area contributed by atoms with E-state index < -0.39 is 0 Å². The second-order valence-corrected chi connectivity index (χ2v) is 2.78. The molecular weight excluding hydrogens is 194 g/mol. The molecule has 1 amide bonds. The van der Waals surface area contributed by atoms with Crippen molar-refractivity contribution >= 4 is 17.7 Å². The molecule has 0 aliphatic rings. The molecule has 0 radical (unpaired) electrons. The van der Waals surface area contributed by atoms with Crippen LogP contribution in [0.3, 0.4) is 0 Å². The monoisotopic (exact) mass is 203 g/mol. The first kappa shape index (κ1) is 9.33. The van der Waals surface area contributed by atoms with Crippen LogP contribution in [0.2, 0.25) is 0 Å². The molecule has 0 aliphatic carbocycles. The van der Waals surface area contributed by atoms with E-state index in [0.29, 0.717) is 11.8 Å². The van der Waals surface area contributed by atoms with E-state index in [0.717, 1.165) is 0 Å². The van der Waals surface area contributed by atoms with Gasteiger partial charge < -0.3 is 8.83 Å². The lowest BCUT2D eigenvalue weighted by Gasteiger charge is -2.14. The maximum Gasteiger partial charge on any atom is 0.259 e. The van der Waals surface area contributed by atoms with Crippen LogP contribution in [0.15, 0.2) is 58.3 Å². The highest BCUT2D eigenvalue weighted by Gasteiger charge is 2.19. The fourth-order valence-corrected chi connectivity index (χ4v) is 1.21. The SMILES string of the molecule is C=CC(=O)N(c1ccco1)c1ccco1. The number of rotatable bonds is 3. The van der Waals surface area contributed by atoms with E-state index in [1.165, 1.54) is 23.5 Å². The maximum atomic E-state index is 11.6. The van der Waals surface area contributed by atoms with Crippen molar-refractivity contribution in [3.63, 3.8) is 0 Å². The predicted molar refractivity (Wildman–Crippen MR) is 54.8 cm³/mol. The molecule has 4 nitrogen and oxygen atoms in total. The van der Waals surface area contributed by atoms with Crippen LogP contribution in [-0.4, -0.2) is 5.91 Å². The van der Waals surface area contributed by atoms with Gasteiger partial charge in [-0.3, -0.25) is 4.79 Å². The van der Waals surface area contributed by atoms with Gasteiger partial charge in [0.15, 0.2) is 0 Å². The van der Waals surface area contributed by atoms with Crippen LogP contribution < -0.4 is 4.90 Å². The van der Waals surface area contributed by atoms with E-state index >= 15 is 0 Å². The molecule has 0 N–H and O–H groups in total. The van der Waals surface area contributed by atoms with Crippen molar-refractivity contribution in [3.8, 4) is 0 Å². The van der Waals surface area contributed by atoms with E-state index in [4.69, 9.17) is 8.83 Å². The first-order valence-electron chi connectivity index (χ1n) is 4.36. The Labute approximate surface area is 86.4 Å². The number of carbonyl (C=O) groups is 1. The van der Waals surface area contributed by atoms with Crippen molar-refractivity contribution in [2.24, 2.45) is 0 Å². The number of hydrogen-bond donors (Lipinski definition) is 0. The fourth-order valence-electron chi connectivity index (χ4n) is 1.21. The Morgan fingerprint density at radius 3 is 2.07 bits per heavy atom. The van der Waals surface area contributed by atoms with Crippen LogP contribution in [-0.2, 0) is 4.79 Å². The number of hydrogen-bond acceptors (Lipinski definition) is 3. The number of amides is 1. The largest absolute Gasteiger partial charge is 0.448 e. The van der Waals surface area contributed by atoms with E-state index in [9.17, 15) is 4.79 Å². The first-order chi connectivity index (χ1) is 7.33. The molecule has 0 fully saturated rings. The lowest BCUT2D eigenvalue weighted by molar-refractivity contribution is -0.113. The van der Waals surface area contributed by atoms with Gasteiger partial charge in [-0.05, 0) is 18.2 Å². The fraction of sp³-hybridized carbons (Fsp3) is 0. The van der Waals surface area contributed by atoms with Crippen molar-refractivity contribution in [2.45, 2.75) is 0 Å². The smallest absolute Gasteiger partial charge is 0.259 e. The molecule has 0 unspecified atom stereocenters. The second kappa shape index (κ2) is 3.88. The highest BCUT2D eigenvalue weighted by atomic mass is 16.4. The molecule has 0 aliphatic heterocycles. The van der Waals surface area contributed by atoms with Crippen LogP contribution in [0, 0.1) is 0 Å². The zero-order valence-electron chi connectivity index (χ0n) is 7.92. The van der Waals surface area contributed by atoms with Gasteiger partial charge in [-0.1, -0.05) is 6.58 Å². The van der Waals surface area contributed by atoms with E-state index in [1.807, 2.05) is 0 Å². The third kappa shape index (κ3) is 1.69. The van der Waals surface area contributed by atoms with Crippen molar-refractivity contribution in [1.82, 2.24) is 0 Å². The molecule has 0 aromatic carbocycles. The molecule has 4 heteroatoms. The van der Waals surface area contributed by atoms with Gasteiger partial charge >= 0.3 is 0 Å². The van der Waals surface area contributed by atoms with Crippen LogP contribution in [0.25, 0.3) is 0 Å². The normalized spacial score (nSPS) is 9.87. The Bertz CT molecular complexity index is 408. The van der Waals surface area contributed by atoms with Gasteiger partial charge in [0.2, 0.25) is 11.8 Å². The van der Waals surface area contributed by atoms with Gasteiger partial charge in [-0.25, -0.2) is 4.90 Å². The standard InChI is InChI=1S/C11H9NO3/c1-2-9(13)12(10-5-3-7-14-10)11-6-4-8-15-11/h2-8H,1H2. The molecule has 0 saturated carbocycles. The summed E-state index contributed by atoms with van der Waals surface area (Å²) in [7, 11) is 0. The average molecular weight is 203 g/mol. The minimum Gasteiger partial charge on any atom is -0.448 e. The minimum atomic E-state index is -0.306. The predicted octanol–water partition coefficient (Wildman–Crippen LogP) is 2.72. The zero-order chi connectivity index (χ0) is 10.7. The summed E-state index contributed by atoms with van der Waals surface area (Å²) in [6.45, 7) is 3.43. The van der Waals surface area contributed by atoms with Crippen molar-refractivity contribution < 1.29 is 13.6 Å². The average Bonchev–Trinajstić information content (AvgIpc) is 2.90. The Balaban J connectivity index is 2.41. The lowest BCUT2D eigenvalue weighted by atomic mass is 10.4. The molecule has 0 atom stereocenters. The van der Waals surface area contributed by atoms with E-state index in [1.54, 1.807) is 24.3 Å². The molecule has 76 valence electrons. The topological polar surface area (TPSA) is 46.6 Å². The highest BCUT2D eigenvalue weighted by molar-refractivity contribution is 6.04. The van der Waals surface area contributed by atoms with Gasteiger partial charge in [-0.15, -0.1) is 0 Å². The number of anilines is 2.